The number of aliphatic hydroxyl groups is 1. The molecule has 1 N–H and O–H groups in total. The van der Waals surface area contributed by atoms with Crippen LogP contribution in [0.2, 0.25) is 5.02 Å². The maximum Gasteiger partial charge on any atom is 0.416 e. The second-order valence-corrected chi connectivity index (χ2v) is 4.69. The molecule has 2 rings (SSSR count). The Morgan fingerprint density at radius 1 is 1.24 bits per heavy atom. The average molecular weight is 318 g/mol. The lowest BCUT2D eigenvalue weighted by Gasteiger charge is -2.19. The molecule has 1 aromatic carbocycles. The van der Waals surface area contributed by atoms with Gasteiger partial charge in [-0.15, -0.1) is 0 Å². The molecule has 1 aromatic heterocycles. The Morgan fingerprint density at radius 3 is 2.57 bits per heavy atom. The Morgan fingerprint density at radius 2 is 1.95 bits per heavy atom. The van der Waals surface area contributed by atoms with Crippen molar-refractivity contribution in [1.29, 1.82) is 0 Å². The van der Waals surface area contributed by atoms with Gasteiger partial charge in [0.15, 0.2) is 0 Å². The van der Waals surface area contributed by atoms with Crippen molar-refractivity contribution in [3.05, 3.63) is 58.4 Å². The number of alkyl halides is 3. The number of pyridine rings is 1. The van der Waals surface area contributed by atoms with Crippen LogP contribution in [-0.4, -0.2) is 17.2 Å². The first-order valence-corrected chi connectivity index (χ1v) is 6.25. The zero-order valence-corrected chi connectivity index (χ0v) is 11.6. The van der Waals surface area contributed by atoms with E-state index in [9.17, 15) is 18.3 Å². The first-order valence-electron chi connectivity index (χ1n) is 5.87. The molecule has 0 bridgehead atoms. The topological polar surface area (TPSA) is 42.4 Å². The molecule has 0 radical (unpaired) electrons. The highest BCUT2D eigenvalue weighted by Gasteiger charge is 2.35. The molecule has 3 nitrogen and oxygen atoms in total. The zero-order valence-electron chi connectivity index (χ0n) is 10.9. The lowest BCUT2D eigenvalue weighted by atomic mass is 9.97. The lowest BCUT2D eigenvalue weighted by molar-refractivity contribution is -0.139. The standard InChI is InChI=1S/C14H11ClF3NO2/c1-21-12-6-8(15)2-3-9(12)13(20)10-7-19-5-4-11(10)14(16,17)18/h2-7,13,20H,1H3. The maximum atomic E-state index is 13.0. The summed E-state index contributed by atoms with van der Waals surface area (Å²) in [7, 11) is 1.34. The molecule has 0 aliphatic carbocycles. The molecule has 0 aliphatic rings. The molecule has 2 aromatic rings. The van der Waals surface area contributed by atoms with Crippen molar-refractivity contribution in [2.45, 2.75) is 12.3 Å². The van der Waals surface area contributed by atoms with E-state index < -0.39 is 17.8 Å². The molecule has 1 unspecified atom stereocenters. The van der Waals surface area contributed by atoms with Crippen molar-refractivity contribution in [3.8, 4) is 5.75 Å². The molecule has 0 amide bonds. The monoisotopic (exact) mass is 317 g/mol. The number of ether oxygens (including phenoxy) is 1. The minimum Gasteiger partial charge on any atom is -0.496 e. The van der Waals surface area contributed by atoms with Crippen LogP contribution in [0.3, 0.4) is 0 Å². The van der Waals surface area contributed by atoms with Gasteiger partial charge in [0.1, 0.15) is 11.9 Å². The summed E-state index contributed by atoms with van der Waals surface area (Å²) in [5, 5.41) is 10.6. The van der Waals surface area contributed by atoms with Crippen molar-refractivity contribution in [2.24, 2.45) is 0 Å². The van der Waals surface area contributed by atoms with Crippen LogP contribution in [0.5, 0.6) is 5.75 Å². The Balaban J connectivity index is 2.53. The number of methoxy groups -OCH3 is 1. The van der Waals surface area contributed by atoms with Gasteiger partial charge in [-0.2, -0.15) is 13.2 Å². The van der Waals surface area contributed by atoms with Crippen LogP contribution < -0.4 is 4.74 Å². The lowest BCUT2D eigenvalue weighted by Crippen LogP contribution is -2.13. The molecule has 1 heterocycles. The summed E-state index contributed by atoms with van der Waals surface area (Å²) in [4.78, 5) is 3.65. The fourth-order valence-corrected chi connectivity index (χ4v) is 2.12. The zero-order chi connectivity index (χ0) is 15.6. The Hall–Kier alpha value is -1.79. The van der Waals surface area contributed by atoms with E-state index in [2.05, 4.69) is 4.98 Å². The van der Waals surface area contributed by atoms with Gasteiger partial charge >= 0.3 is 6.18 Å². The number of rotatable bonds is 3. The normalized spacial score (nSPS) is 13.0. The van der Waals surface area contributed by atoms with Crippen LogP contribution in [-0.2, 0) is 6.18 Å². The molecule has 1 atom stereocenters. The smallest absolute Gasteiger partial charge is 0.416 e. The molecule has 0 saturated heterocycles. The molecule has 0 saturated carbocycles. The van der Waals surface area contributed by atoms with Gasteiger partial charge in [-0.1, -0.05) is 17.7 Å². The number of benzene rings is 1. The van der Waals surface area contributed by atoms with E-state index in [0.29, 0.717) is 5.02 Å². The first kappa shape index (κ1) is 15.6. The minimum absolute atomic E-state index is 0.181. The van der Waals surface area contributed by atoms with E-state index >= 15 is 0 Å². The Bertz CT molecular complexity index is 646. The van der Waals surface area contributed by atoms with E-state index in [0.717, 1.165) is 18.5 Å². The van der Waals surface area contributed by atoms with Gasteiger partial charge in [-0.05, 0) is 18.2 Å². The van der Waals surface area contributed by atoms with Crippen molar-refractivity contribution in [3.63, 3.8) is 0 Å². The average Bonchev–Trinajstić information content (AvgIpc) is 2.45. The summed E-state index contributed by atoms with van der Waals surface area (Å²) in [6.45, 7) is 0. The number of aliphatic hydroxyl groups excluding tert-OH is 1. The highest BCUT2D eigenvalue weighted by Crippen LogP contribution is 2.38. The second kappa shape index (κ2) is 5.91. The van der Waals surface area contributed by atoms with Crippen LogP contribution in [0.25, 0.3) is 0 Å². The molecular formula is C14H11ClF3NO2. The SMILES string of the molecule is COc1cc(Cl)ccc1C(O)c1cnccc1C(F)(F)F. The number of hydrogen-bond donors (Lipinski definition) is 1. The second-order valence-electron chi connectivity index (χ2n) is 4.25. The quantitative estimate of drug-likeness (QED) is 0.935. The molecule has 7 heteroatoms. The number of nitrogens with zero attached hydrogens (tertiary/aromatic N) is 1. The third-order valence-corrected chi connectivity index (χ3v) is 3.18. The van der Waals surface area contributed by atoms with E-state index in [-0.39, 0.29) is 16.9 Å². The summed E-state index contributed by atoms with van der Waals surface area (Å²) in [6.07, 6.45) is -4.10. The van der Waals surface area contributed by atoms with Gasteiger partial charge in [0, 0.05) is 28.5 Å². The molecule has 112 valence electrons. The Kier molecular flexibility index (Phi) is 4.39. The van der Waals surface area contributed by atoms with Gasteiger partial charge in [-0.25, -0.2) is 0 Å². The molecule has 0 fully saturated rings. The minimum atomic E-state index is -4.58. The van der Waals surface area contributed by atoms with E-state index in [1.807, 2.05) is 0 Å². The summed E-state index contributed by atoms with van der Waals surface area (Å²) < 4.78 is 44.0. The van der Waals surface area contributed by atoms with Crippen molar-refractivity contribution >= 4 is 11.6 Å². The highest BCUT2D eigenvalue weighted by molar-refractivity contribution is 6.30. The van der Waals surface area contributed by atoms with Crippen molar-refractivity contribution in [1.82, 2.24) is 4.98 Å². The van der Waals surface area contributed by atoms with E-state index in [4.69, 9.17) is 16.3 Å². The van der Waals surface area contributed by atoms with Crippen LogP contribution in [0, 0.1) is 0 Å². The van der Waals surface area contributed by atoms with Crippen LogP contribution in [0.4, 0.5) is 13.2 Å². The van der Waals surface area contributed by atoms with Crippen LogP contribution in [0.15, 0.2) is 36.7 Å². The van der Waals surface area contributed by atoms with Crippen molar-refractivity contribution < 1.29 is 23.0 Å². The first-order chi connectivity index (χ1) is 9.84. The summed E-state index contributed by atoms with van der Waals surface area (Å²) >= 11 is 5.80. The van der Waals surface area contributed by atoms with Gasteiger partial charge < -0.3 is 9.84 Å². The van der Waals surface area contributed by atoms with Gasteiger partial charge in [0.25, 0.3) is 0 Å². The fourth-order valence-electron chi connectivity index (χ4n) is 1.96. The molecule has 21 heavy (non-hydrogen) atoms. The van der Waals surface area contributed by atoms with Crippen LogP contribution >= 0.6 is 11.6 Å². The molecule has 0 aliphatic heterocycles. The number of halogens is 4. The van der Waals surface area contributed by atoms with Gasteiger partial charge in [0.2, 0.25) is 0 Å². The molecule has 0 spiro atoms. The summed E-state index contributed by atoms with van der Waals surface area (Å²) in [5.74, 6) is 0.201. The summed E-state index contributed by atoms with van der Waals surface area (Å²) in [6, 6.07) is 5.12. The van der Waals surface area contributed by atoms with E-state index in [1.165, 1.54) is 25.3 Å². The molecular weight excluding hydrogens is 307 g/mol. The number of hydrogen-bond acceptors (Lipinski definition) is 3. The Labute approximate surface area is 124 Å². The predicted molar refractivity (Wildman–Crippen MR) is 71.3 cm³/mol. The third-order valence-electron chi connectivity index (χ3n) is 2.94. The largest absolute Gasteiger partial charge is 0.496 e. The third kappa shape index (κ3) is 3.28. The number of aromatic nitrogens is 1. The van der Waals surface area contributed by atoms with Crippen molar-refractivity contribution in [2.75, 3.05) is 7.11 Å². The van der Waals surface area contributed by atoms with E-state index in [1.54, 1.807) is 0 Å². The fraction of sp³-hybridized carbons (Fsp3) is 0.214. The van der Waals surface area contributed by atoms with Gasteiger partial charge in [-0.3, -0.25) is 4.98 Å². The van der Waals surface area contributed by atoms with Crippen LogP contribution in [0.1, 0.15) is 22.8 Å². The maximum absolute atomic E-state index is 13.0. The highest BCUT2D eigenvalue weighted by atomic mass is 35.5. The predicted octanol–water partition coefficient (Wildman–Crippen LogP) is 3.84. The summed E-state index contributed by atoms with van der Waals surface area (Å²) in [5.41, 5.74) is -1.10. The van der Waals surface area contributed by atoms with Gasteiger partial charge in [0.05, 0.1) is 12.7 Å².